The predicted molar refractivity (Wildman–Crippen MR) is 92.4 cm³/mol. The quantitative estimate of drug-likeness (QED) is 0.474. The van der Waals surface area contributed by atoms with E-state index in [9.17, 15) is 45.4 Å². The summed E-state index contributed by atoms with van der Waals surface area (Å²) in [7, 11) is 0. The number of hydrogen-bond acceptors (Lipinski definition) is 4. The maximum absolute atomic E-state index is 13.9. The molecule has 1 fully saturated rings. The molecule has 0 saturated carbocycles. The van der Waals surface area contributed by atoms with E-state index < -0.39 is 54.5 Å². The topological polar surface area (TPSA) is 66.8 Å². The zero-order valence-electron chi connectivity index (χ0n) is 15.8. The molecule has 172 valence electrons. The molecule has 1 aliphatic heterocycles. The Morgan fingerprint density at radius 1 is 1.19 bits per heavy atom. The van der Waals surface area contributed by atoms with E-state index in [1.54, 1.807) is 30.3 Å². The summed E-state index contributed by atoms with van der Waals surface area (Å²) in [6, 6.07) is 7.17. The first kappa shape index (κ1) is 24.6. The van der Waals surface area contributed by atoms with Crippen LogP contribution in [-0.2, 0) is 16.0 Å². The highest BCUT2D eigenvalue weighted by Crippen LogP contribution is 2.49. The number of nitrogens with zero attached hydrogens (tertiary/aromatic N) is 1. The molecule has 0 aliphatic carbocycles. The number of rotatable bonds is 8. The second-order valence-electron chi connectivity index (χ2n) is 6.94. The third-order valence-corrected chi connectivity index (χ3v) is 4.78. The summed E-state index contributed by atoms with van der Waals surface area (Å²) < 4.78 is 96.6. The van der Waals surface area contributed by atoms with Crippen LogP contribution in [0.2, 0.25) is 0 Å². The van der Waals surface area contributed by atoms with Gasteiger partial charge in [0.25, 0.3) is 0 Å². The lowest BCUT2D eigenvalue weighted by molar-refractivity contribution is -0.357. The highest BCUT2D eigenvalue weighted by atomic mass is 19.4. The SMILES string of the molecule is C=C[C@@H](O)[C@H](CC(F)(F)C(F)(F)C(F)(F)F)C(=O)N1C(=O)OC[C@@H]1Cc1ccccc1. The van der Waals surface area contributed by atoms with Crippen molar-refractivity contribution < 1.29 is 50.2 Å². The van der Waals surface area contributed by atoms with Crippen molar-refractivity contribution in [1.82, 2.24) is 4.90 Å². The molecule has 0 radical (unpaired) electrons. The summed E-state index contributed by atoms with van der Waals surface area (Å²) in [4.78, 5) is 25.1. The van der Waals surface area contributed by atoms with Gasteiger partial charge in [-0.05, 0) is 12.0 Å². The van der Waals surface area contributed by atoms with Crippen LogP contribution >= 0.6 is 0 Å². The second-order valence-corrected chi connectivity index (χ2v) is 6.94. The number of benzene rings is 1. The van der Waals surface area contributed by atoms with Crippen LogP contribution in [0, 0.1) is 5.92 Å². The van der Waals surface area contributed by atoms with Crippen LogP contribution in [0.25, 0.3) is 0 Å². The molecule has 5 nitrogen and oxygen atoms in total. The molecule has 1 heterocycles. The summed E-state index contributed by atoms with van der Waals surface area (Å²) in [5.41, 5.74) is 0.610. The number of halogens is 7. The Morgan fingerprint density at radius 3 is 2.29 bits per heavy atom. The summed E-state index contributed by atoms with van der Waals surface area (Å²) in [5, 5.41) is 9.87. The first-order chi connectivity index (χ1) is 14.2. The third-order valence-electron chi connectivity index (χ3n) is 4.78. The fourth-order valence-electron chi connectivity index (χ4n) is 3.08. The predicted octanol–water partition coefficient (Wildman–Crippen LogP) is 3.96. The van der Waals surface area contributed by atoms with E-state index in [0.717, 1.165) is 0 Å². The summed E-state index contributed by atoms with van der Waals surface area (Å²) in [6.07, 6.45) is -12.0. The molecule has 2 amide bonds. The Balaban J connectivity index is 2.33. The van der Waals surface area contributed by atoms with Gasteiger partial charge in [-0.2, -0.15) is 30.7 Å². The average Bonchev–Trinajstić information content (AvgIpc) is 3.04. The molecule has 31 heavy (non-hydrogen) atoms. The summed E-state index contributed by atoms with van der Waals surface area (Å²) in [6.45, 7) is 2.69. The van der Waals surface area contributed by atoms with E-state index >= 15 is 0 Å². The first-order valence-electron chi connectivity index (χ1n) is 8.89. The largest absolute Gasteiger partial charge is 0.459 e. The van der Waals surface area contributed by atoms with Crippen molar-refractivity contribution in [3.8, 4) is 0 Å². The molecule has 1 aliphatic rings. The second kappa shape index (κ2) is 8.85. The highest BCUT2D eigenvalue weighted by molar-refractivity contribution is 5.95. The average molecular weight is 457 g/mol. The number of carbonyl (C=O) groups excluding carboxylic acids is 2. The van der Waals surface area contributed by atoms with Crippen LogP contribution in [0.3, 0.4) is 0 Å². The number of imide groups is 1. The lowest BCUT2D eigenvalue weighted by atomic mass is 9.90. The van der Waals surface area contributed by atoms with Crippen LogP contribution in [0.4, 0.5) is 35.5 Å². The van der Waals surface area contributed by atoms with Crippen molar-refractivity contribution in [2.45, 2.75) is 43.0 Å². The number of aliphatic hydroxyl groups is 1. The minimum atomic E-state index is -6.61. The van der Waals surface area contributed by atoms with Gasteiger partial charge >= 0.3 is 24.1 Å². The van der Waals surface area contributed by atoms with Gasteiger partial charge in [-0.3, -0.25) is 4.79 Å². The number of aliphatic hydroxyl groups excluding tert-OH is 1. The zero-order chi connectivity index (χ0) is 23.6. The molecule has 0 unspecified atom stereocenters. The Kier molecular flexibility index (Phi) is 7.03. The summed E-state index contributed by atoms with van der Waals surface area (Å²) >= 11 is 0. The van der Waals surface area contributed by atoms with Crippen LogP contribution in [0.5, 0.6) is 0 Å². The van der Waals surface area contributed by atoms with Gasteiger partial charge in [0.15, 0.2) is 0 Å². The molecule has 1 aromatic rings. The number of hydrogen-bond donors (Lipinski definition) is 1. The van der Waals surface area contributed by atoms with Crippen molar-refractivity contribution in [2.24, 2.45) is 5.92 Å². The summed E-state index contributed by atoms with van der Waals surface area (Å²) in [5.74, 6) is -16.3. The Hall–Kier alpha value is -2.63. The molecular formula is C19H18F7NO4. The number of alkyl halides is 7. The molecule has 0 spiro atoms. The van der Waals surface area contributed by atoms with Gasteiger partial charge in [0.1, 0.15) is 6.61 Å². The number of ether oxygens (including phenoxy) is 1. The van der Waals surface area contributed by atoms with Crippen molar-refractivity contribution in [1.29, 1.82) is 0 Å². The lowest BCUT2D eigenvalue weighted by Crippen LogP contribution is -2.55. The van der Waals surface area contributed by atoms with Crippen LogP contribution < -0.4 is 0 Å². The molecule has 1 saturated heterocycles. The molecule has 3 atom stereocenters. The number of carbonyl (C=O) groups is 2. The van der Waals surface area contributed by atoms with Gasteiger partial charge in [-0.1, -0.05) is 36.4 Å². The zero-order valence-corrected chi connectivity index (χ0v) is 15.8. The standard InChI is InChI=1S/C19H18F7NO4/c1-2-14(28)13(9-17(20,21)18(22,23)19(24,25)26)15(29)27-12(10-31-16(27)30)8-11-6-4-3-5-7-11/h2-7,12-14,28H,1,8-10H2/t12-,13-,14+/m0/s1. The van der Waals surface area contributed by atoms with Crippen molar-refractivity contribution >= 4 is 12.0 Å². The minimum Gasteiger partial charge on any atom is -0.447 e. The number of amides is 2. The highest BCUT2D eigenvalue weighted by Gasteiger charge is 2.73. The lowest BCUT2D eigenvalue weighted by Gasteiger charge is -2.33. The van der Waals surface area contributed by atoms with Crippen molar-refractivity contribution in [3.05, 3.63) is 48.6 Å². The Labute approximate surface area is 172 Å². The minimum absolute atomic E-state index is 0.00429. The van der Waals surface area contributed by atoms with Crippen molar-refractivity contribution in [3.63, 3.8) is 0 Å². The van der Waals surface area contributed by atoms with Crippen LogP contribution in [0.15, 0.2) is 43.0 Å². The smallest absolute Gasteiger partial charge is 0.447 e. The monoisotopic (exact) mass is 457 g/mol. The molecular weight excluding hydrogens is 439 g/mol. The fourth-order valence-corrected chi connectivity index (χ4v) is 3.08. The molecule has 1 N–H and O–H groups in total. The van der Waals surface area contributed by atoms with Gasteiger partial charge in [-0.25, -0.2) is 9.69 Å². The Bertz CT molecular complexity index is 813. The van der Waals surface area contributed by atoms with Gasteiger partial charge in [-0.15, -0.1) is 6.58 Å². The van der Waals surface area contributed by atoms with E-state index in [1.807, 2.05) is 0 Å². The molecule has 2 rings (SSSR count). The maximum atomic E-state index is 13.9. The van der Waals surface area contributed by atoms with E-state index in [2.05, 4.69) is 6.58 Å². The van der Waals surface area contributed by atoms with Crippen LogP contribution in [-0.4, -0.2) is 58.8 Å². The fraction of sp³-hybridized carbons (Fsp3) is 0.474. The van der Waals surface area contributed by atoms with Gasteiger partial charge in [0, 0.05) is 6.42 Å². The van der Waals surface area contributed by atoms with E-state index in [1.165, 1.54) is 0 Å². The van der Waals surface area contributed by atoms with Crippen molar-refractivity contribution in [2.75, 3.05) is 6.61 Å². The third kappa shape index (κ3) is 5.00. The Morgan fingerprint density at radius 2 is 1.77 bits per heavy atom. The maximum Gasteiger partial charge on any atom is 0.459 e. The van der Waals surface area contributed by atoms with E-state index in [4.69, 9.17) is 4.74 Å². The van der Waals surface area contributed by atoms with E-state index in [0.29, 0.717) is 16.5 Å². The van der Waals surface area contributed by atoms with Crippen LogP contribution in [0.1, 0.15) is 12.0 Å². The van der Waals surface area contributed by atoms with E-state index in [-0.39, 0.29) is 13.0 Å². The van der Waals surface area contributed by atoms with Gasteiger partial charge < -0.3 is 9.84 Å². The molecule has 0 bridgehead atoms. The molecule has 1 aromatic carbocycles. The molecule has 12 heteroatoms. The van der Waals surface area contributed by atoms with Gasteiger partial charge in [0.05, 0.1) is 18.1 Å². The van der Waals surface area contributed by atoms with Gasteiger partial charge in [0.2, 0.25) is 5.91 Å². The number of cyclic esters (lactones) is 1. The molecule has 0 aromatic heterocycles. The normalized spacial score (nSPS) is 19.7. The first-order valence-corrected chi connectivity index (χ1v) is 8.89.